The van der Waals surface area contributed by atoms with E-state index in [2.05, 4.69) is 21.2 Å². The second-order valence-electron chi connectivity index (χ2n) is 2.81. The van der Waals surface area contributed by atoms with Gasteiger partial charge in [0.05, 0.1) is 0 Å². The van der Waals surface area contributed by atoms with Crippen molar-refractivity contribution in [2.24, 2.45) is 0 Å². The first-order valence-electron chi connectivity index (χ1n) is 4.38. The molecular weight excluding hydrogens is 242 g/mol. The second-order valence-corrected chi connectivity index (χ2v) is 3.66. The molecule has 0 saturated carbocycles. The molecule has 1 rings (SSSR count). The van der Waals surface area contributed by atoms with Crippen LogP contribution in [0.2, 0.25) is 0 Å². The van der Waals surface area contributed by atoms with Crippen molar-refractivity contribution in [2.45, 2.75) is 13.5 Å². The molecule has 0 heterocycles. The van der Waals surface area contributed by atoms with Crippen molar-refractivity contribution < 1.29 is 4.79 Å². The van der Waals surface area contributed by atoms with E-state index in [1.807, 2.05) is 31.2 Å². The van der Waals surface area contributed by atoms with Crippen molar-refractivity contribution in [3.8, 4) is 0 Å². The predicted molar refractivity (Wildman–Crippen MR) is 60.8 cm³/mol. The molecule has 1 aromatic rings. The first-order chi connectivity index (χ1) is 6.74. The van der Waals surface area contributed by atoms with Gasteiger partial charge in [-0.25, -0.2) is 0 Å². The average molecular weight is 254 g/mol. The maximum atomic E-state index is 11.1. The average Bonchev–Trinajstić information content (AvgIpc) is 2.17. The Morgan fingerprint density at radius 3 is 2.86 bits per heavy atom. The molecule has 0 aliphatic carbocycles. The van der Waals surface area contributed by atoms with Crippen LogP contribution >= 0.6 is 15.9 Å². The van der Waals surface area contributed by atoms with Crippen LogP contribution in [0, 0.1) is 0 Å². The number of hydrogen-bond donors (Lipinski definition) is 1. The smallest absolute Gasteiger partial charge is 0.243 e. The van der Waals surface area contributed by atoms with Crippen molar-refractivity contribution in [1.29, 1.82) is 0 Å². The molecule has 0 unspecified atom stereocenters. The highest BCUT2D eigenvalue weighted by molar-refractivity contribution is 9.10. The van der Waals surface area contributed by atoms with Gasteiger partial charge < -0.3 is 5.32 Å². The summed E-state index contributed by atoms with van der Waals surface area (Å²) >= 11 is 3.42. The van der Waals surface area contributed by atoms with Crippen LogP contribution in [0.4, 0.5) is 0 Å². The van der Waals surface area contributed by atoms with Gasteiger partial charge in [-0.3, -0.25) is 4.79 Å². The van der Waals surface area contributed by atoms with E-state index in [0.29, 0.717) is 6.54 Å². The summed E-state index contributed by atoms with van der Waals surface area (Å²) in [5, 5.41) is 2.78. The highest BCUT2D eigenvalue weighted by Gasteiger charge is 1.99. The third-order valence-electron chi connectivity index (χ3n) is 1.73. The fourth-order valence-corrected chi connectivity index (χ4v) is 1.46. The number of carbonyl (C=O) groups is 1. The summed E-state index contributed by atoms with van der Waals surface area (Å²) in [6, 6.07) is 7.82. The predicted octanol–water partition coefficient (Wildman–Crippen LogP) is 2.64. The Balaban J connectivity index is 2.54. The minimum absolute atomic E-state index is 0.0664. The number of halogens is 1. The highest BCUT2D eigenvalue weighted by atomic mass is 79.9. The topological polar surface area (TPSA) is 29.1 Å². The van der Waals surface area contributed by atoms with E-state index in [1.54, 1.807) is 6.08 Å². The van der Waals surface area contributed by atoms with Crippen LogP contribution in [-0.2, 0) is 11.3 Å². The first-order valence-corrected chi connectivity index (χ1v) is 5.17. The molecule has 3 heteroatoms. The number of rotatable bonds is 3. The SMILES string of the molecule is C/C=C/C(=O)NCc1ccccc1Br. The van der Waals surface area contributed by atoms with Crippen LogP contribution in [0.3, 0.4) is 0 Å². The zero-order valence-corrected chi connectivity index (χ0v) is 9.54. The minimum Gasteiger partial charge on any atom is -0.348 e. The van der Waals surface area contributed by atoms with Crippen LogP contribution in [0.15, 0.2) is 40.9 Å². The molecule has 0 saturated heterocycles. The molecule has 0 aliphatic rings. The lowest BCUT2D eigenvalue weighted by Crippen LogP contribution is -2.20. The fraction of sp³-hybridized carbons (Fsp3) is 0.182. The normalized spacial score (nSPS) is 10.4. The van der Waals surface area contributed by atoms with E-state index >= 15 is 0 Å². The number of hydrogen-bond acceptors (Lipinski definition) is 1. The van der Waals surface area contributed by atoms with Crippen molar-refractivity contribution in [3.63, 3.8) is 0 Å². The number of nitrogens with one attached hydrogen (secondary N) is 1. The first kappa shape index (κ1) is 11.0. The van der Waals surface area contributed by atoms with E-state index in [-0.39, 0.29) is 5.91 Å². The molecule has 74 valence electrons. The van der Waals surface area contributed by atoms with Crippen LogP contribution in [0.25, 0.3) is 0 Å². The van der Waals surface area contributed by atoms with Gasteiger partial charge in [0.2, 0.25) is 5.91 Å². The second kappa shape index (κ2) is 5.60. The van der Waals surface area contributed by atoms with Crippen LogP contribution in [0.1, 0.15) is 12.5 Å². The van der Waals surface area contributed by atoms with Crippen LogP contribution < -0.4 is 5.32 Å². The number of carbonyl (C=O) groups excluding carboxylic acids is 1. The van der Waals surface area contributed by atoms with Gasteiger partial charge in [-0.05, 0) is 24.6 Å². The molecule has 0 aromatic heterocycles. The Morgan fingerprint density at radius 1 is 1.50 bits per heavy atom. The molecule has 0 fully saturated rings. The van der Waals surface area contributed by atoms with Crippen LogP contribution in [0.5, 0.6) is 0 Å². The summed E-state index contributed by atoms with van der Waals surface area (Å²) in [6.45, 7) is 2.36. The molecular formula is C11H12BrNO. The number of allylic oxidation sites excluding steroid dienone is 1. The van der Waals surface area contributed by atoms with Gasteiger partial charge in [0.1, 0.15) is 0 Å². The molecule has 0 bridgehead atoms. The van der Waals surface area contributed by atoms with E-state index in [0.717, 1.165) is 10.0 Å². The number of benzene rings is 1. The monoisotopic (exact) mass is 253 g/mol. The fourth-order valence-electron chi connectivity index (χ4n) is 1.03. The Bertz CT molecular complexity index is 347. The summed E-state index contributed by atoms with van der Waals surface area (Å²) in [5.74, 6) is -0.0664. The highest BCUT2D eigenvalue weighted by Crippen LogP contribution is 2.15. The zero-order valence-electron chi connectivity index (χ0n) is 7.96. The van der Waals surface area contributed by atoms with E-state index in [1.165, 1.54) is 6.08 Å². The molecule has 1 N–H and O–H groups in total. The Kier molecular flexibility index (Phi) is 4.40. The summed E-state index contributed by atoms with van der Waals surface area (Å²) < 4.78 is 1.01. The summed E-state index contributed by atoms with van der Waals surface area (Å²) in [7, 11) is 0. The lowest BCUT2D eigenvalue weighted by molar-refractivity contribution is -0.116. The molecule has 0 atom stereocenters. The van der Waals surface area contributed by atoms with Crippen molar-refractivity contribution in [1.82, 2.24) is 5.32 Å². The maximum Gasteiger partial charge on any atom is 0.243 e. The van der Waals surface area contributed by atoms with Gasteiger partial charge in [0.15, 0.2) is 0 Å². The Morgan fingerprint density at radius 2 is 2.21 bits per heavy atom. The summed E-state index contributed by atoms with van der Waals surface area (Å²) in [6.07, 6.45) is 3.23. The van der Waals surface area contributed by atoms with Gasteiger partial charge in [0.25, 0.3) is 0 Å². The van der Waals surface area contributed by atoms with Crippen molar-refractivity contribution in [3.05, 3.63) is 46.5 Å². The third kappa shape index (κ3) is 3.34. The Hall–Kier alpha value is -1.09. The number of amides is 1. The summed E-state index contributed by atoms with van der Waals surface area (Å²) in [4.78, 5) is 11.1. The third-order valence-corrected chi connectivity index (χ3v) is 2.50. The van der Waals surface area contributed by atoms with E-state index in [9.17, 15) is 4.79 Å². The van der Waals surface area contributed by atoms with Crippen molar-refractivity contribution in [2.75, 3.05) is 0 Å². The lowest BCUT2D eigenvalue weighted by Gasteiger charge is -2.04. The lowest BCUT2D eigenvalue weighted by atomic mass is 10.2. The van der Waals surface area contributed by atoms with Gasteiger partial charge >= 0.3 is 0 Å². The molecule has 0 radical (unpaired) electrons. The van der Waals surface area contributed by atoms with Gasteiger partial charge in [0, 0.05) is 11.0 Å². The van der Waals surface area contributed by atoms with Gasteiger partial charge in [-0.2, -0.15) is 0 Å². The van der Waals surface area contributed by atoms with E-state index in [4.69, 9.17) is 0 Å². The zero-order chi connectivity index (χ0) is 10.4. The Labute approximate surface area is 92.1 Å². The minimum atomic E-state index is -0.0664. The maximum absolute atomic E-state index is 11.1. The molecule has 0 spiro atoms. The summed E-state index contributed by atoms with van der Waals surface area (Å²) in [5.41, 5.74) is 1.07. The largest absolute Gasteiger partial charge is 0.348 e. The van der Waals surface area contributed by atoms with E-state index < -0.39 is 0 Å². The molecule has 1 amide bonds. The molecule has 14 heavy (non-hydrogen) atoms. The molecule has 1 aromatic carbocycles. The van der Waals surface area contributed by atoms with Crippen molar-refractivity contribution >= 4 is 21.8 Å². The standard InChI is InChI=1S/C11H12BrNO/c1-2-5-11(14)13-8-9-6-3-4-7-10(9)12/h2-7H,8H2,1H3,(H,13,14)/b5-2+. The molecule has 2 nitrogen and oxygen atoms in total. The molecule has 0 aliphatic heterocycles. The van der Waals surface area contributed by atoms with Crippen LogP contribution in [-0.4, -0.2) is 5.91 Å². The quantitative estimate of drug-likeness (QED) is 0.825. The van der Waals surface area contributed by atoms with Gasteiger partial charge in [-0.15, -0.1) is 0 Å². The van der Waals surface area contributed by atoms with Gasteiger partial charge in [-0.1, -0.05) is 40.2 Å².